The van der Waals surface area contributed by atoms with Gasteiger partial charge in [0, 0.05) is 12.4 Å². The zero-order valence-electron chi connectivity index (χ0n) is 21.9. The normalized spacial score (nSPS) is 15.8. The molecule has 1 heteroatoms. The van der Waals surface area contributed by atoms with Crippen LogP contribution in [-0.4, -0.2) is 4.98 Å². The van der Waals surface area contributed by atoms with Crippen molar-refractivity contribution in [1.82, 2.24) is 4.98 Å². The van der Waals surface area contributed by atoms with Gasteiger partial charge in [0.1, 0.15) is 0 Å². The summed E-state index contributed by atoms with van der Waals surface area (Å²) in [4.78, 5) is 4.23. The largest absolute Gasteiger partial charge is 0.265 e. The van der Waals surface area contributed by atoms with E-state index in [1.54, 1.807) is 0 Å². The molecule has 0 amide bonds. The van der Waals surface area contributed by atoms with E-state index < -0.39 is 0 Å². The molecule has 1 nitrogen and oxygen atoms in total. The molecule has 184 valence electrons. The van der Waals surface area contributed by atoms with E-state index in [1.807, 2.05) is 12.4 Å². The minimum absolute atomic E-state index is 0.533. The zero-order chi connectivity index (χ0) is 25.9. The molecular formula is C38H27N. The molecule has 0 spiro atoms. The molecule has 1 unspecified atom stereocenters. The molecule has 0 aliphatic heterocycles. The van der Waals surface area contributed by atoms with Gasteiger partial charge in [-0.25, -0.2) is 0 Å². The van der Waals surface area contributed by atoms with Gasteiger partial charge in [-0.1, -0.05) is 85.8 Å². The summed E-state index contributed by atoms with van der Waals surface area (Å²) in [5.74, 6) is 0.533. The summed E-state index contributed by atoms with van der Waals surface area (Å²) in [5, 5.41) is 5.21. The third-order valence-electron chi connectivity index (χ3n) is 8.40. The molecule has 8 rings (SSSR count). The highest BCUT2D eigenvalue weighted by atomic mass is 14.6. The highest BCUT2D eigenvalue weighted by Crippen LogP contribution is 2.48. The zero-order valence-corrected chi connectivity index (χ0v) is 21.9. The van der Waals surface area contributed by atoms with Crippen molar-refractivity contribution >= 4 is 32.7 Å². The van der Waals surface area contributed by atoms with Crippen LogP contribution in [0.1, 0.15) is 24.5 Å². The van der Waals surface area contributed by atoms with Gasteiger partial charge in [0.2, 0.25) is 0 Å². The van der Waals surface area contributed by atoms with E-state index in [-0.39, 0.29) is 0 Å². The molecule has 6 aromatic rings. The highest BCUT2D eigenvalue weighted by Gasteiger charge is 2.22. The summed E-state index contributed by atoms with van der Waals surface area (Å²) < 4.78 is 0. The number of aromatic nitrogens is 1. The maximum atomic E-state index is 4.23. The van der Waals surface area contributed by atoms with Gasteiger partial charge in [0.05, 0.1) is 0 Å². The molecule has 1 atom stereocenters. The molecule has 0 fully saturated rings. The van der Waals surface area contributed by atoms with Gasteiger partial charge in [-0.3, -0.25) is 4.98 Å². The maximum Gasteiger partial charge on any atom is 0.0273 e. The minimum atomic E-state index is 0.533. The molecule has 0 bridgehead atoms. The third kappa shape index (κ3) is 3.58. The van der Waals surface area contributed by atoms with Crippen LogP contribution in [0, 0.1) is 5.92 Å². The fourth-order valence-corrected chi connectivity index (χ4v) is 6.49. The Morgan fingerprint density at radius 1 is 0.538 bits per heavy atom. The number of benzene rings is 5. The summed E-state index contributed by atoms with van der Waals surface area (Å²) in [6.07, 6.45) is 9.64. The lowest BCUT2D eigenvalue weighted by Gasteiger charge is -2.21. The predicted octanol–water partition coefficient (Wildman–Crippen LogP) is 10.2. The van der Waals surface area contributed by atoms with E-state index >= 15 is 0 Å². The summed E-state index contributed by atoms with van der Waals surface area (Å²) in [6.45, 7) is 2.29. The Hall–Kier alpha value is -4.75. The van der Waals surface area contributed by atoms with Crippen LogP contribution < -0.4 is 0 Å². The minimum Gasteiger partial charge on any atom is -0.265 e. The van der Waals surface area contributed by atoms with Crippen LogP contribution in [-0.2, 0) is 0 Å². The first-order chi connectivity index (χ1) is 19.2. The first-order valence-corrected chi connectivity index (χ1v) is 13.8. The van der Waals surface area contributed by atoms with Crippen LogP contribution in [0.4, 0.5) is 0 Å². The fourth-order valence-electron chi connectivity index (χ4n) is 6.49. The van der Waals surface area contributed by atoms with Crippen molar-refractivity contribution in [2.45, 2.75) is 13.3 Å². The van der Waals surface area contributed by atoms with E-state index in [4.69, 9.17) is 0 Å². The highest BCUT2D eigenvalue weighted by molar-refractivity contribution is 6.16. The van der Waals surface area contributed by atoms with Crippen molar-refractivity contribution in [1.29, 1.82) is 0 Å². The van der Waals surface area contributed by atoms with Crippen LogP contribution in [0.3, 0.4) is 0 Å². The summed E-state index contributed by atoms with van der Waals surface area (Å²) in [6, 6.07) is 38.2. The molecule has 0 saturated carbocycles. The molecule has 1 heterocycles. The average molecular weight is 498 g/mol. The molecule has 0 N–H and O–H groups in total. The van der Waals surface area contributed by atoms with E-state index in [0.717, 1.165) is 6.42 Å². The number of pyridine rings is 1. The van der Waals surface area contributed by atoms with Crippen molar-refractivity contribution < 1.29 is 0 Å². The fraction of sp³-hybridized carbons (Fsp3) is 0.0789. The molecule has 5 aromatic carbocycles. The summed E-state index contributed by atoms with van der Waals surface area (Å²) in [5.41, 5.74) is 13.0. The van der Waals surface area contributed by atoms with E-state index in [9.17, 15) is 0 Å². The number of nitrogens with zero attached hydrogens (tertiary/aromatic N) is 1. The van der Waals surface area contributed by atoms with Crippen molar-refractivity contribution in [3.05, 3.63) is 139 Å². The molecule has 0 radical (unpaired) electrons. The Bertz CT molecular complexity index is 1990. The van der Waals surface area contributed by atoms with Gasteiger partial charge in [-0.2, -0.15) is 0 Å². The number of hydrogen-bond donors (Lipinski definition) is 0. The Labute approximate surface area is 228 Å². The predicted molar refractivity (Wildman–Crippen MR) is 165 cm³/mol. The second-order valence-corrected chi connectivity index (χ2v) is 10.9. The van der Waals surface area contributed by atoms with Crippen LogP contribution in [0.15, 0.2) is 128 Å². The van der Waals surface area contributed by atoms with Crippen molar-refractivity contribution in [3.8, 4) is 33.4 Å². The number of hydrogen-bond acceptors (Lipinski definition) is 1. The third-order valence-corrected chi connectivity index (χ3v) is 8.40. The van der Waals surface area contributed by atoms with Gasteiger partial charge in [0.15, 0.2) is 0 Å². The van der Waals surface area contributed by atoms with E-state index in [0.29, 0.717) is 5.92 Å². The Balaban J connectivity index is 1.21. The first-order valence-electron chi connectivity index (χ1n) is 13.8. The second-order valence-electron chi connectivity index (χ2n) is 10.9. The van der Waals surface area contributed by atoms with Crippen molar-refractivity contribution in [2.24, 2.45) is 5.92 Å². The Kier molecular flexibility index (Phi) is 4.93. The number of fused-ring (bicyclic) bond motifs is 4. The molecule has 2 aliphatic rings. The lowest BCUT2D eigenvalue weighted by molar-refractivity contribution is 0.742. The first kappa shape index (κ1) is 22.3. The summed E-state index contributed by atoms with van der Waals surface area (Å²) in [7, 11) is 0. The van der Waals surface area contributed by atoms with Gasteiger partial charge in [-0.15, -0.1) is 0 Å². The van der Waals surface area contributed by atoms with Gasteiger partial charge in [-0.05, 0) is 126 Å². The quantitative estimate of drug-likeness (QED) is 0.237. The van der Waals surface area contributed by atoms with Crippen LogP contribution >= 0.6 is 0 Å². The number of rotatable bonds is 3. The maximum absolute atomic E-state index is 4.23. The average Bonchev–Trinajstić information content (AvgIpc) is 3.32. The molecular weight excluding hydrogens is 470 g/mol. The second kappa shape index (κ2) is 8.64. The van der Waals surface area contributed by atoms with Crippen LogP contribution in [0.25, 0.3) is 66.1 Å². The topological polar surface area (TPSA) is 12.9 Å². The molecule has 0 saturated heterocycles. The monoisotopic (exact) mass is 497 g/mol. The number of allylic oxidation sites excluding steroid dienone is 4. The Morgan fingerprint density at radius 2 is 1.23 bits per heavy atom. The van der Waals surface area contributed by atoms with Gasteiger partial charge >= 0.3 is 0 Å². The van der Waals surface area contributed by atoms with Crippen LogP contribution in [0.2, 0.25) is 0 Å². The standard InChI is InChI=1S/C38H27N/c1-24-9-14-32(36(19-24)25-15-17-39-18-16-25)29-13-12-26-20-28(11-10-27(26)21-29)31-22-30-5-4-8-35-33-6-2-3-7-34(33)37(23-31)38(30)35/h2-8,10-24H,9H2,1H3. The van der Waals surface area contributed by atoms with Gasteiger partial charge < -0.3 is 0 Å². The molecule has 39 heavy (non-hydrogen) atoms. The summed E-state index contributed by atoms with van der Waals surface area (Å²) >= 11 is 0. The van der Waals surface area contributed by atoms with Crippen molar-refractivity contribution in [2.75, 3.05) is 0 Å². The van der Waals surface area contributed by atoms with Gasteiger partial charge in [0.25, 0.3) is 0 Å². The lowest BCUT2D eigenvalue weighted by Crippen LogP contribution is -2.01. The van der Waals surface area contributed by atoms with E-state index in [1.165, 1.54) is 77.2 Å². The Morgan fingerprint density at radius 3 is 2.05 bits per heavy atom. The van der Waals surface area contributed by atoms with Crippen molar-refractivity contribution in [3.63, 3.8) is 0 Å². The SMILES string of the molecule is CC1C=C(c2ccncc2)C(c2ccc3cc(-c4cc5c6c(cccc6c4)-c4ccccc4-5)ccc3c2)=CC1. The van der Waals surface area contributed by atoms with E-state index in [2.05, 4.69) is 127 Å². The molecule has 1 aromatic heterocycles. The lowest BCUT2D eigenvalue weighted by atomic mass is 9.84. The smallest absolute Gasteiger partial charge is 0.0273 e. The molecule has 2 aliphatic carbocycles. The van der Waals surface area contributed by atoms with Crippen LogP contribution in [0.5, 0.6) is 0 Å².